The summed E-state index contributed by atoms with van der Waals surface area (Å²) in [6.07, 6.45) is 0.448. The first kappa shape index (κ1) is 19.1. The van der Waals surface area contributed by atoms with Crippen LogP contribution in [0.1, 0.15) is 31.0 Å². The molecule has 2 rings (SSSR count). The van der Waals surface area contributed by atoms with Gasteiger partial charge in [-0.15, -0.1) is 0 Å². The van der Waals surface area contributed by atoms with Crippen LogP contribution in [0.25, 0.3) is 0 Å². The molecule has 2 N–H and O–H groups in total. The predicted molar refractivity (Wildman–Crippen MR) is 95.1 cm³/mol. The Morgan fingerprint density at radius 1 is 1.04 bits per heavy atom. The molecule has 2 aromatic carbocycles. The van der Waals surface area contributed by atoms with Crippen LogP contribution >= 0.6 is 0 Å². The molecule has 1 atom stereocenters. The molecular formula is C20H24F2N2O. The van der Waals surface area contributed by atoms with Crippen LogP contribution in [0.3, 0.4) is 0 Å². The van der Waals surface area contributed by atoms with Crippen LogP contribution in [-0.4, -0.2) is 19.0 Å². The van der Waals surface area contributed by atoms with Crippen molar-refractivity contribution in [3.63, 3.8) is 0 Å². The lowest BCUT2D eigenvalue weighted by Crippen LogP contribution is -2.38. The smallest absolute Gasteiger partial charge is 0.233 e. The summed E-state index contributed by atoms with van der Waals surface area (Å²) in [5.74, 6) is -0.441. The lowest BCUT2D eigenvalue weighted by atomic mass is 9.96. The highest BCUT2D eigenvalue weighted by atomic mass is 19.1. The van der Waals surface area contributed by atoms with Gasteiger partial charge in [-0.1, -0.05) is 44.2 Å². The third kappa shape index (κ3) is 5.94. The number of carbonyl (C=O) groups excluding carboxylic acids is 1. The molecular weight excluding hydrogens is 322 g/mol. The fourth-order valence-corrected chi connectivity index (χ4v) is 2.71. The molecule has 0 aliphatic rings. The van der Waals surface area contributed by atoms with E-state index in [0.717, 1.165) is 5.56 Å². The molecule has 25 heavy (non-hydrogen) atoms. The van der Waals surface area contributed by atoms with Gasteiger partial charge in [0.2, 0.25) is 5.91 Å². The maximum Gasteiger partial charge on any atom is 0.233 e. The van der Waals surface area contributed by atoms with Crippen molar-refractivity contribution in [2.45, 2.75) is 26.3 Å². The molecule has 0 fully saturated rings. The Morgan fingerprint density at radius 2 is 1.72 bits per heavy atom. The van der Waals surface area contributed by atoms with Gasteiger partial charge in [0, 0.05) is 12.6 Å². The minimum absolute atomic E-state index is 0.0436. The summed E-state index contributed by atoms with van der Waals surface area (Å²) < 4.78 is 26.6. The minimum atomic E-state index is -0.280. The number of carbonyl (C=O) groups is 1. The monoisotopic (exact) mass is 346 g/mol. The first-order chi connectivity index (χ1) is 12.0. The van der Waals surface area contributed by atoms with Gasteiger partial charge in [-0.05, 0) is 41.7 Å². The highest BCUT2D eigenvalue weighted by molar-refractivity contribution is 5.78. The second-order valence-electron chi connectivity index (χ2n) is 6.35. The zero-order chi connectivity index (χ0) is 18.2. The van der Waals surface area contributed by atoms with Gasteiger partial charge in [-0.25, -0.2) is 8.78 Å². The standard InChI is InChI=1S/C20H24F2N2O/c1-14(2)20(16-7-9-17(21)10-8-16)24-13-19(25)23-12-11-15-5-3-4-6-18(15)22/h3-10,14,20,24H,11-13H2,1-2H3,(H,23,25)/t20-/m0/s1. The zero-order valence-corrected chi connectivity index (χ0v) is 14.6. The van der Waals surface area contributed by atoms with Gasteiger partial charge >= 0.3 is 0 Å². The summed E-state index contributed by atoms with van der Waals surface area (Å²) in [4.78, 5) is 12.0. The summed E-state index contributed by atoms with van der Waals surface area (Å²) in [6, 6.07) is 12.8. The van der Waals surface area contributed by atoms with Crippen molar-refractivity contribution in [3.8, 4) is 0 Å². The second-order valence-corrected chi connectivity index (χ2v) is 6.35. The van der Waals surface area contributed by atoms with Crippen LogP contribution in [0.2, 0.25) is 0 Å². The zero-order valence-electron chi connectivity index (χ0n) is 14.6. The van der Waals surface area contributed by atoms with Gasteiger partial charge in [-0.2, -0.15) is 0 Å². The molecule has 0 saturated heterocycles. The Hall–Kier alpha value is -2.27. The van der Waals surface area contributed by atoms with E-state index in [1.165, 1.54) is 18.2 Å². The van der Waals surface area contributed by atoms with Crippen LogP contribution in [0.5, 0.6) is 0 Å². The van der Waals surface area contributed by atoms with Crippen LogP contribution in [0.4, 0.5) is 8.78 Å². The summed E-state index contributed by atoms with van der Waals surface area (Å²) >= 11 is 0. The predicted octanol–water partition coefficient (Wildman–Crippen LogP) is 3.61. The van der Waals surface area contributed by atoms with Gasteiger partial charge in [0.25, 0.3) is 0 Å². The van der Waals surface area contributed by atoms with E-state index in [2.05, 4.69) is 10.6 Å². The molecule has 0 aliphatic carbocycles. The van der Waals surface area contributed by atoms with Crippen molar-refractivity contribution >= 4 is 5.91 Å². The van der Waals surface area contributed by atoms with Crippen LogP contribution in [0.15, 0.2) is 48.5 Å². The molecule has 0 aromatic heterocycles. The fraction of sp³-hybridized carbons (Fsp3) is 0.350. The minimum Gasteiger partial charge on any atom is -0.355 e. The van der Waals surface area contributed by atoms with E-state index in [0.29, 0.717) is 18.5 Å². The van der Waals surface area contributed by atoms with E-state index < -0.39 is 0 Å². The summed E-state index contributed by atoms with van der Waals surface area (Å²) in [7, 11) is 0. The summed E-state index contributed by atoms with van der Waals surface area (Å²) in [6.45, 7) is 4.61. The first-order valence-electron chi connectivity index (χ1n) is 8.46. The van der Waals surface area contributed by atoms with Crippen LogP contribution in [0, 0.1) is 17.6 Å². The summed E-state index contributed by atoms with van der Waals surface area (Å²) in [5, 5.41) is 5.99. The quantitative estimate of drug-likeness (QED) is 0.767. The SMILES string of the molecule is CC(C)[C@H](NCC(=O)NCCc1ccccc1F)c1ccc(F)cc1. The van der Waals surface area contributed by atoms with Gasteiger partial charge < -0.3 is 10.6 Å². The van der Waals surface area contributed by atoms with Gasteiger partial charge in [-0.3, -0.25) is 4.79 Å². The third-order valence-electron chi connectivity index (χ3n) is 4.05. The van der Waals surface area contributed by atoms with Crippen molar-refractivity contribution in [3.05, 3.63) is 71.3 Å². The molecule has 1 amide bonds. The number of halogens is 2. The van der Waals surface area contributed by atoms with Crippen LogP contribution in [-0.2, 0) is 11.2 Å². The van der Waals surface area contributed by atoms with Crippen molar-refractivity contribution in [1.29, 1.82) is 0 Å². The highest BCUT2D eigenvalue weighted by Crippen LogP contribution is 2.21. The number of benzene rings is 2. The summed E-state index contributed by atoms with van der Waals surface area (Å²) in [5.41, 5.74) is 1.53. The maximum atomic E-state index is 13.5. The Kier molecular flexibility index (Phi) is 7.07. The Balaban J connectivity index is 1.81. The Morgan fingerprint density at radius 3 is 2.36 bits per heavy atom. The number of amides is 1. The molecule has 0 unspecified atom stereocenters. The largest absolute Gasteiger partial charge is 0.355 e. The van der Waals surface area contributed by atoms with E-state index in [1.807, 2.05) is 13.8 Å². The van der Waals surface area contributed by atoms with E-state index in [9.17, 15) is 13.6 Å². The molecule has 3 nitrogen and oxygen atoms in total. The molecule has 0 aliphatic heterocycles. The van der Waals surface area contributed by atoms with Gasteiger partial charge in [0.1, 0.15) is 11.6 Å². The van der Waals surface area contributed by atoms with E-state index in [4.69, 9.17) is 0 Å². The van der Waals surface area contributed by atoms with Crippen LogP contribution < -0.4 is 10.6 Å². The van der Waals surface area contributed by atoms with Gasteiger partial charge in [0.15, 0.2) is 0 Å². The van der Waals surface area contributed by atoms with Crippen molar-refractivity contribution in [1.82, 2.24) is 10.6 Å². The lowest BCUT2D eigenvalue weighted by molar-refractivity contribution is -0.120. The van der Waals surface area contributed by atoms with Crippen molar-refractivity contribution in [2.24, 2.45) is 5.92 Å². The molecule has 5 heteroatoms. The number of hydrogen-bond donors (Lipinski definition) is 2. The van der Waals surface area contributed by atoms with E-state index >= 15 is 0 Å². The van der Waals surface area contributed by atoms with Crippen molar-refractivity contribution in [2.75, 3.05) is 13.1 Å². The van der Waals surface area contributed by atoms with E-state index in [1.54, 1.807) is 30.3 Å². The number of nitrogens with one attached hydrogen (secondary N) is 2. The molecule has 134 valence electrons. The van der Waals surface area contributed by atoms with E-state index in [-0.39, 0.29) is 36.0 Å². The third-order valence-corrected chi connectivity index (χ3v) is 4.05. The lowest BCUT2D eigenvalue weighted by Gasteiger charge is -2.22. The highest BCUT2D eigenvalue weighted by Gasteiger charge is 2.16. The first-order valence-corrected chi connectivity index (χ1v) is 8.46. The topological polar surface area (TPSA) is 41.1 Å². The molecule has 0 saturated carbocycles. The maximum absolute atomic E-state index is 13.5. The second kappa shape index (κ2) is 9.28. The molecule has 0 heterocycles. The average molecular weight is 346 g/mol. The number of hydrogen-bond acceptors (Lipinski definition) is 2. The fourth-order valence-electron chi connectivity index (χ4n) is 2.71. The Bertz CT molecular complexity index is 686. The molecule has 0 spiro atoms. The van der Waals surface area contributed by atoms with Gasteiger partial charge in [0.05, 0.1) is 6.54 Å². The molecule has 2 aromatic rings. The average Bonchev–Trinajstić information content (AvgIpc) is 2.58. The number of rotatable bonds is 8. The normalized spacial score (nSPS) is 12.2. The molecule has 0 radical (unpaired) electrons. The Labute approximate surface area is 147 Å². The molecule has 0 bridgehead atoms. The van der Waals surface area contributed by atoms with Crippen molar-refractivity contribution < 1.29 is 13.6 Å².